The van der Waals surface area contributed by atoms with Crippen LogP contribution in [0, 0.1) is 11.8 Å². The summed E-state index contributed by atoms with van der Waals surface area (Å²) in [6.45, 7) is 0.0626. The highest BCUT2D eigenvalue weighted by molar-refractivity contribution is 6.04. The Kier molecular flexibility index (Phi) is 4.87. The summed E-state index contributed by atoms with van der Waals surface area (Å²) >= 11 is 0. The standard InChI is InChI=1S/C16H14N2O2/c19-12-2-1-3-13-4-6-15(7-5-13)18-16(20)14-8-10-17-11-9-14/h4-11,19H,2,12H2,(H,18,20). The first kappa shape index (κ1) is 13.8. The van der Waals surface area contributed by atoms with Gasteiger partial charge in [-0.15, -0.1) is 0 Å². The molecule has 0 bridgehead atoms. The van der Waals surface area contributed by atoms with Crippen molar-refractivity contribution in [3.05, 3.63) is 59.9 Å². The highest BCUT2D eigenvalue weighted by Crippen LogP contribution is 2.10. The third-order valence-corrected chi connectivity index (χ3v) is 2.55. The minimum atomic E-state index is -0.175. The van der Waals surface area contributed by atoms with Crippen LogP contribution >= 0.6 is 0 Å². The van der Waals surface area contributed by atoms with Crippen molar-refractivity contribution in [1.82, 2.24) is 4.98 Å². The van der Waals surface area contributed by atoms with Crippen LogP contribution in [0.4, 0.5) is 5.69 Å². The number of nitrogens with one attached hydrogen (secondary N) is 1. The molecule has 0 radical (unpaired) electrons. The van der Waals surface area contributed by atoms with E-state index >= 15 is 0 Å². The van der Waals surface area contributed by atoms with E-state index in [0.29, 0.717) is 17.7 Å². The predicted molar refractivity (Wildman–Crippen MR) is 77.2 cm³/mol. The van der Waals surface area contributed by atoms with Gasteiger partial charge in [0.25, 0.3) is 5.91 Å². The SMILES string of the molecule is O=C(Nc1ccc(C#CCCO)cc1)c1ccncc1. The Morgan fingerprint density at radius 3 is 2.50 bits per heavy atom. The van der Waals surface area contributed by atoms with Gasteiger partial charge in [0.2, 0.25) is 0 Å². The molecule has 0 fully saturated rings. The van der Waals surface area contributed by atoms with Gasteiger partial charge in [-0.1, -0.05) is 11.8 Å². The third kappa shape index (κ3) is 3.94. The van der Waals surface area contributed by atoms with Gasteiger partial charge in [-0.3, -0.25) is 9.78 Å². The van der Waals surface area contributed by atoms with Crippen molar-refractivity contribution in [2.45, 2.75) is 6.42 Å². The van der Waals surface area contributed by atoms with Crippen LogP contribution in [0.1, 0.15) is 22.3 Å². The summed E-state index contributed by atoms with van der Waals surface area (Å²) in [5, 5.41) is 11.4. The summed E-state index contributed by atoms with van der Waals surface area (Å²) in [4.78, 5) is 15.8. The molecule has 0 spiro atoms. The maximum atomic E-state index is 11.9. The van der Waals surface area contributed by atoms with E-state index in [1.807, 2.05) is 12.1 Å². The van der Waals surface area contributed by atoms with Gasteiger partial charge in [-0.05, 0) is 36.4 Å². The van der Waals surface area contributed by atoms with Crippen LogP contribution in [-0.4, -0.2) is 22.6 Å². The maximum absolute atomic E-state index is 11.9. The predicted octanol–water partition coefficient (Wildman–Crippen LogP) is 2.07. The zero-order valence-corrected chi connectivity index (χ0v) is 10.8. The average Bonchev–Trinajstić information content (AvgIpc) is 2.50. The Bertz CT molecular complexity index is 625. The second-order valence-electron chi connectivity index (χ2n) is 4.04. The molecule has 20 heavy (non-hydrogen) atoms. The summed E-state index contributed by atoms with van der Waals surface area (Å²) in [6.07, 6.45) is 3.62. The number of carbonyl (C=O) groups excluding carboxylic acids is 1. The molecule has 1 heterocycles. The van der Waals surface area contributed by atoms with Crippen LogP contribution in [0.2, 0.25) is 0 Å². The molecule has 0 atom stereocenters. The molecular weight excluding hydrogens is 252 g/mol. The average molecular weight is 266 g/mol. The van der Waals surface area contributed by atoms with Gasteiger partial charge in [0.05, 0.1) is 6.61 Å². The van der Waals surface area contributed by atoms with Crippen molar-refractivity contribution in [2.75, 3.05) is 11.9 Å². The Hall–Kier alpha value is -2.64. The van der Waals surface area contributed by atoms with E-state index in [9.17, 15) is 4.79 Å². The van der Waals surface area contributed by atoms with E-state index in [-0.39, 0.29) is 12.5 Å². The lowest BCUT2D eigenvalue weighted by atomic mass is 10.2. The molecule has 1 aromatic heterocycles. The van der Waals surface area contributed by atoms with Crippen molar-refractivity contribution in [1.29, 1.82) is 0 Å². The first-order chi connectivity index (χ1) is 9.79. The molecule has 1 amide bonds. The zero-order chi connectivity index (χ0) is 14.2. The molecule has 0 aliphatic heterocycles. The number of amides is 1. The smallest absolute Gasteiger partial charge is 0.255 e. The first-order valence-electron chi connectivity index (χ1n) is 6.21. The molecule has 4 nitrogen and oxygen atoms in total. The van der Waals surface area contributed by atoms with Crippen LogP contribution in [0.25, 0.3) is 0 Å². The molecule has 0 saturated heterocycles. The topological polar surface area (TPSA) is 62.2 Å². The number of carbonyl (C=O) groups is 1. The maximum Gasteiger partial charge on any atom is 0.255 e. The van der Waals surface area contributed by atoms with Crippen molar-refractivity contribution >= 4 is 11.6 Å². The van der Waals surface area contributed by atoms with E-state index in [2.05, 4.69) is 22.1 Å². The molecule has 2 rings (SSSR count). The fraction of sp³-hybridized carbons (Fsp3) is 0.125. The van der Waals surface area contributed by atoms with Crippen LogP contribution in [0.15, 0.2) is 48.8 Å². The third-order valence-electron chi connectivity index (χ3n) is 2.55. The van der Waals surface area contributed by atoms with Crippen molar-refractivity contribution in [3.8, 4) is 11.8 Å². The molecule has 0 unspecified atom stereocenters. The van der Waals surface area contributed by atoms with Gasteiger partial charge in [-0.2, -0.15) is 0 Å². The van der Waals surface area contributed by atoms with E-state index in [4.69, 9.17) is 5.11 Å². The van der Waals surface area contributed by atoms with Gasteiger partial charge in [0, 0.05) is 35.6 Å². The van der Waals surface area contributed by atoms with Crippen LogP contribution in [0.5, 0.6) is 0 Å². The Morgan fingerprint density at radius 1 is 1.15 bits per heavy atom. The quantitative estimate of drug-likeness (QED) is 0.836. The van der Waals surface area contributed by atoms with Crippen LogP contribution in [0.3, 0.4) is 0 Å². The van der Waals surface area contributed by atoms with Crippen molar-refractivity contribution in [2.24, 2.45) is 0 Å². The molecule has 0 saturated carbocycles. The lowest BCUT2D eigenvalue weighted by molar-refractivity contribution is 0.102. The Morgan fingerprint density at radius 2 is 1.85 bits per heavy atom. The number of aromatic nitrogens is 1. The summed E-state index contributed by atoms with van der Waals surface area (Å²) in [6, 6.07) is 10.6. The van der Waals surface area contributed by atoms with E-state index < -0.39 is 0 Å². The highest BCUT2D eigenvalue weighted by Gasteiger charge is 2.04. The molecule has 0 aliphatic carbocycles. The second-order valence-corrected chi connectivity index (χ2v) is 4.04. The van der Waals surface area contributed by atoms with E-state index in [1.54, 1.807) is 36.7 Å². The minimum Gasteiger partial charge on any atom is -0.395 e. The summed E-state index contributed by atoms with van der Waals surface area (Å²) in [7, 11) is 0. The molecule has 0 aliphatic rings. The summed E-state index contributed by atoms with van der Waals surface area (Å²) in [5.41, 5.74) is 2.12. The minimum absolute atomic E-state index is 0.0626. The molecule has 1 aromatic carbocycles. The molecule has 4 heteroatoms. The normalized spacial score (nSPS) is 9.45. The number of nitrogens with zero attached hydrogens (tertiary/aromatic N) is 1. The molecule has 100 valence electrons. The number of hydrogen-bond acceptors (Lipinski definition) is 3. The number of aliphatic hydroxyl groups excluding tert-OH is 1. The van der Waals surface area contributed by atoms with E-state index in [1.165, 1.54) is 0 Å². The van der Waals surface area contributed by atoms with Gasteiger partial charge in [0.1, 0.15) is 0 Å². The van der Waals surface area contributed by atoms with Crippen LogP contribution < -0.4 is 5.32 Å². The number of benzene rings is 1. The number of aliphatic hydroxyl groups is 1. The Labute approximate surface area is 117 Å². The monoisotopic (exact) mass is 266 g/mol. The van der Waals surface area contributed by atoms with Gasteiger partial charge < -0.3 is 10.4 Å². The molecule has 2 aromatic rings. The van der Waals surface area contributed by atoms with Gasteiger partial charge in [0.15, 0.2) is 0 Å². The second kappa shape index (κ2) is 7.07. The fourth-order valence-corrected chi connectivity index (χ4v) is 1.56. The number of pyridine rings is 1. The lowest BCUT2D eigenvalue weighted by Crippen LogP contribution is -2.11. The van der Waals surface area contributed by atoms with Gasteiger partial charge in [-0.25, -0.2) is 0 Å². The number of rotatable bonds is 3. The fourth-order valence-electron chi connectivity index (χ4n) is 1.56. The Balaban J connectivity index is 2.01. The van der Waals surface area contributed by atoms with Gasteiger partial charge >= 0.3 is 0 Å². The molecular formula is C16H14N2O2. The lowest BCUT2D eigenvalue weighted by Gasteiger charge is -2.04. The zero-order valence-electron chi connectivity index (χ0n) is 10.8. The highest BCUT2D eigenvalue weighted by atomic mass is 16.2. The van der Waals surface area contributed by atoms with Crippen LogP contribution in [-0.2, 0) is 0 Å². The van der Waals surface area contributed by atoms with Crippen molar-refractivity contribution in [3.63, 3.8) is 0 Å². The van der Waals surface area contributed by atoms with E-state index in [0.717, 1.165) is 5.56 Å². The number of anilines is 1. The summed E-state index contributed by atoms with van der Waals surface area (Å²) < 4.78 is 0. The van der Waals surface area contributed by atoms with Crippen molar-refractivity contribution < 1.29 is 9.90 Å². The number of hydrogen-bond donors (Lipinski definition) is 2. The first-order valence-corrected chi connectivity index (χ1v) is 6.21. The largest absolute Gasteiger partial charge is 0.395 e. The molecule has 2 N–H and O–H groups in total. The summed E-state index contributed by atoms with van der Waals surface area (Å²) in [5.74, 6) is 5.60.